The van der Waals surface area contributed by atoms with Crippen LogP contribution < -0.4 is 5.32 Å². The molecule has 27 heavy (non-hydrogen) atoms. The Morgan fingerprint density at radius 2 is 1.85 bits per heavy atom. The Kier molecular flexibility index (Phi) is 4.16. The molecule has 134 valence electrons. The van der Waals surface area contributed by atoms with E-state index in [1.807, 2.05) is 44.2 Å². The maximum Gasteiger partial charge on any atom is 0.256 e. The van der Waals surface area contributed by atoms with Gasteiger partial charge in [-0.25, -0.2) is 9.37 Å². The van der Waals surface area contributed by atoms with Crippen LogP contribution in [0.5, 0.6) is 0 Å². The van der Waals surface area contributed by atoms with E-state index in [0.717, 1.165) is 22.2 Å². The molecule has 0 aliphatic rings. The van der Waals surface area contributed by atoms with Gasteiger partial charge in [0.25, 0.3) is 5.91 Å². The fraction of sp³-hybridized carbons (Fsp3) is 0.0952. The monoisotopic (exact) mass is 360 g/mol. The molecule has 0 spiro atoms. The van der Waals surface area contributed by atoms with Crippen molar-refractivity contribution in [2.45, 2.75) is 13.8 Å². The number of carbonyl (C=O) groups excluding carboxylic acids is 1. The highest BCUT2D eigenvalue weighted by Gasteiger charge is 2.14. The van der Waals surface area contributed by atoms with Crippen LogP contribution in [-0.2, 0) is 0 Å². The van der Waals surface area contributed by atoms with Gasteiger partial charge in [0.1, 0.15) is 11.6 Å². The fourth-order valence-electron chi connectivity index (χ4n) is 3.02. The first-order chi connectivity index (χ1) is 13.0. The SMILES string of the molecule is Cc1cc(NC(=O)c2cccc(F)c2)n(-c2cc(C)c3ccccc3n2)n1. The minimum Gasteiger partial charge on any atom is -0.306 e. The van der Waals surface area contributed by atoms with E-state index in [1.54, 1.807) is 16.8 Å². The summed E-state index contributed by atoms with van der Waals surface area (Å²) in [6.45, 7) is 3.84. The first kappa shape index (κ1) is 16.9. The minimum absolute atomic E-state index is 0.239. The number of anilines is 1. The molecular formula is C21H17FN4O. The van der Waals surface area contributed by atoms with Crippen molar-refractivity contribution in [1.82, 2.24) is 14.8 Å². The van der Waals surface area contributed by atoms with E-state index >= 15 is 0 Å². The summed E-state index contributed by atoms with van der Waals surface area (Å²) in [4.78, 5) is 17.2. The number of nitrogens with one attached hydrogen (secondary N) is 1. The molecule has 0 saturated heterocycles. The summed E-state index contributed by atoms with van der Waals surface area (Å²) in [7, 11) is 0. The van der Waals surface area contributed by atoms with E-state index in [0.29, 0.717) is 11.6 Å². The average Bonchev–Trinajstić information content (AvgIpc) is 3.02. The van der Waals surface area contributed by atoms with Gasteiger partial charge in [0.05, 0.1) is 11.2 Å². The largest absolute Gasteiger partial charge is 0.306 e. The van der Waals surface area contributed by atoms with E-state index in [9.17, 15) is 9.18 Å². The molecule has 0 saturated carbocycles. The molecule has 4 aromatic rings. The molecule has 2 aromatic carbocycles. The van der Waals surface area contributed by atoms with Crippen molar-refractivity contribution >= 4 is 22.6 Å². The summed E-state index contributed by atoms with van der Waals surface area (Å²) in [6.07, 6.45) is 0. The van der Waals surface area contributed by atoms with E-state index in [4.69, 9.17) is 0 Å². The molecule has 1 amide bonds. The number of benzene rings is 2. The van der Waals surface area contributed by atoms with Gasteiger partial charge in [-0.05, 0) is 49.7 Å². The highest BCUT2D eigenvalue weighted by molar-refractivity contribution is 6.04. The van der Waals surface area contributed by atoms with Crippen molar-refractivity contribution in [2.24, 2.45) is 0 Å². The van der Waals surface area contributed by atoms with Crippen molar-refractivity contribution in [3.8, 4) is 5.82 Å². The van der Waals surface area contributed by atoms with Gasteiger partial charge in [-0.1, -0.05) is 24.3 Å². The molecule has 0 fully saturated rings. The summed E-state index contributed by atoms with van der Waals surface area (Å²) in [6, 6.07) is 17.1. The van der Waals surface area contributed by atoms with Crippen LogP contribution in [0, 0.1) is 19.7 Å². The maximum absolute atomic E-state index is 13.4. The highest BCUT2D eigenvalue weighted by atomic mass is 19.1. The molecule has 0 atom stereocenters. The van der Waals surface area contributed by atoms with Crippen LogP contribution in [-0.4, -0.2) is 20.7 Å². The lowest BCUT2D eigenvalue weighted by Crippen LogP contribution is -2.15. The fourth-order valence-corrected chi connectivity index (χ4v) is 3.02. The molecule has 4 rings (SSSR count). The van der Waals surface area contributed by atoms with Gasteiger partial charge < -0.3 is 5.32 Å². The number of fused-ring (bicyclic) bond motifs is 1. The first-order valence-electron chi connectivity index (χ1n) is 8.51. The number of halogens is 1. The van der Waals surface area contributed by atoms with Gasteiger partial charge >= 0.3 is 0 Å². The van der Waals surface area contributed by atoms with Gasteiger partial charge in [-0.3, -0.25) is 4.79 Å². The predicted octanol–water partition coefficient (Wildman–Crippen LogP) is 4.43. The molecule has 0 unspecified atom stereocenters. The van der Waals surface area contributed by atoms with Gasteiger partial charge in [-0.15, -0.1) is 0 Å². The van der Waals surface area contributed by atoms with Crippen molar-refractivity contribution in [1.29, 1.82) is 0 Å². The first-order valence-corrected chi connectivity index (χ1v) is 8.51. The number of pyridine rings is 1. The quantitative estimate of drug-likeness (QED) is 0.588. The van der Waals surface area contributed by atoms with Gasteiger partial charge in [0.15, 0.2) is 5.82 Å². The number of hydrogen-bond acceptors (Lipinski definition) is 3. The smallest absolute Gasteiger partial charge is 0.256 e. The number of para-hydroxylation sites is 1. The lowest BCUT2D eigenvalue weighted by atomic mass is 10.1. The Labute approximate surface area is 155 Å². The summed E-state index contributed by atoms with van der Waals surface area (Å²) >= 11 is 0. The molecule has 2 heterocycles. The van der Waals surface area contributed by atoms with Gasteiger partial charge in [-0.2, -0.15) is 9.78 Å². The van der Waals surface area contributed by atoms with Crippen molar-refractivity contribution in [3.63, 3.8) is 0 Å². The number of aromatic nitrogens is 3. The molecule has 1 N–H and O–H groups in total. The van der Waals surface area contributed by atoms with Gasteiger partial charge in [0.2, 0.25) is 0 Å². The van der Waals surface area contributed by atoms with Gasteiger partial charge in [0, 0.05) is 17.0 Å². The Morgan fingerprint density at radius 1 is 1.04 bits per heavy atom. The lowest BCUT2D eigenvalue weighted by molar-refractivity contribution is 0.102. The molecule has 5 nitrogen and oxygen atoms in total. The Bertz CT molecular complexity index is 1170. The summed E-state index contributed by atoms with van der Waals surface area (Å²) in [5, 5.41) is 8.32. The van der Waals surface area contributed by atoms with E-state index in [2.05, 4.69) is 15.4 Å². The zero-order valence-corrected chi connectivity index (χ0v) is 14.9. The minimum atomic E-state index is -0.459. The summed E-state index contributed by atoms with van der Waals surface area (Å²) < 4.78 is 15.0. The Morgan fingerprint density at radius 3 is 2.67 bits per heavy atom. The topological polar surface area (TPSA) is 59.8 Å². The third-order valence-corrected chi connectivity index (χ3v) is 4.29. The standard InChI is InChI=1S/C21H17FN4O/c1-13-10-19(23-18-9-4-3-8-17(13)18)26-20(11-14(2)25-26)24-21(27)15-6-5-7-16(22)12-15/h3-12H,1-2H3,(H,24,27). The molecule has 6 heteroatoms. The van der Waals surface area contributed by atoms with Crippen LogP contribution >= 0.6 is 0 Å². The highest BCUT2D eigenvalue weighted by Crippen LogP contribution is 2.22. The molecule has 0 aliphatic heterocycles. The third kappa shape index (κ3) is 3.29. The predicted molar refractivity (Wildman–Crippen MR) is 103 cm³/mol. The molecule has 0 radical (unpaired) electrons. The van der Waals surface area contributed by atoms with Crippen LogP contribution in [0.25, 0.3) is 16.7 Å². The van der Waals surface area contributed by atoms with Crippen molar-refractivity contribution < 1.29 is 9.18 Å². The zero-order valence-electron chi connectivity index (χ0n) is 14.9. The van der Waals surface area contributed by atoms with Crippen LogP contribution in [0.2, 0.25) is 0 Å². The molecular weight excluding hydrogens is 343 g/mol. The number of amides is 1. The van der Waals surface area contributed by atoms with Crippen LogP contribution in [0.3, 0.4) is 0 Å². The Hall–Kier alpha value is -3.54. The van der Waals surface area contributed by atoms with Crippen molar-refractivity contribution in [2.75, 3.05) is 5.32 Å². The molecule has 0 aliphatic carbocycles. The van der Waals surface area contributed by atoms with Crippen LogP contribution in [0.4, 0.5) is 10.2 Å². The average molecular weight is 360 g/mol. The van der Waals surface area contributed by atoms with E-state index < -0.39 is 11.7 Å². The third-order valence-electron chi connectivity index (χ3n) is 4.29. The maximum atomic E-state index is 13.4. The summed E-state index contributed by atoms with van der Waals surface area (Å²) in [5.74, 6) is 0.213. The second kappa shape index (κ2) is 6.64. The van der Waals surface area contributed by atoms with Crippen LogP contribution in [0.1, 0.15) is 21.6 Å². The normalized spacial score (nSPS) is 10.9. The zero-order chi connectivity index (χ0) is 19.0. The van der Waals surface area contributed by atoms with Crippen LogP contribution in [0.15, 0.2) is 60.7 Å². The summed E-state index contributed by atoms with van der Waals surface area (Å²) in [5.41, 5.74) is 2.88. The second-order valence-corrected chi connectivity index (χ2v) is 6.36. The number of hydrogen-bond donors (Lipinski definition) is 1. The number of nitrogens with zero attached hydrogens (tertiary/aromatic N) is 3. The number of rotatable bonds is 3. The number of carbonyl (C=O) groups is 1. The van der Waals surface area contributed by atoms with Crippen molar-refractivity contribution in [3.05, 3.63) is 83.3 Å². The van der Waals surface area contributed by atoms with E-state index in [-0.39, 0.29) is 5.56 Å². The Balaban J connectivity index is 1.74. The molecule has 2 aromatic heterocycles. The second-order valence-electron chi connectivity index (χ2n) is 6.36. The number of aryl methyl sites for hydroxylation is 2. The molecule has 0 bridgehead atoms. The lowest BCUT2D eigenvalue weighted by Gasteiger charge is -2.10. The van der Waals surface area contributed by atoms with E-state index in [1.165, 1.54) is 18.2 Å².